The van der Waals surface area contributed by atoms with Crippen molar-refractivity contribution in [2.45, 2.75) is 30.9 Å². The second kappa shape index (κ2) is 6.31. The molecule has 1 N–H and O–H groups in total. The maximum Gasteiger partial charge on any atom is 0.175 e. The Morgan fingerprint density at radius 2 is 1.78 bits per heavy atom. The maximum atomic E-state index is 11.4. The van der Waals surface area contributed by atoms with Gasteiger partial charge in [0.1, 0.15) is 0 Å². The van der Waals surface area contributed by atoms with E-state index < -0.39 is 9.84 Å². The van der Waals surface area contributed by atoms with Crippen LogP contribution in [-0.2, 0) is 14.6 Å². The molecule has 0 fully saturated rings. The molecule has 1 aromatic rings. The van der Waals surface area contributed by atoms with Gasteiger partial charge in [0.2, 0.25) is 0 Å². The van der Waals surface area contributed by atoms with Crippen molar-refractivity contribution in [2.24, 2.45) is 0 Å². The highest BCUT2D eigenvalue weighted by molar-refractivity contribution is 7.90. The molecule has 0 heterocycles. The molecule has 18 heavy (non-hydrogen) atoms. The van der Waals surface area contributed by atoms with E-state index in [0.717, 1.165) is 5.56 Å². The highest BCUT2D eigenvalue weighted by Crippen LogP contribution is 2.17. The minimum Gasteiger partial charge on any atom is -0.377 e. The quantitative estimate of drug-likeness (QED) is 0.857. The van der Waals surface area contributed by atoms with Crippen molar-refractivity contribution in [3.8, 4) is 0 Å². The highest BCUT2D eigenvalue weighted by Gasteiger charge is 2.12. The first kappa shape index (κ1) is 15.1. The summed E-state index contributed by atoms with van der Waals surface area (Å²) in [4.78, 5) is 0.339. The maximum absolute atomic E-state index is 11.4. The monoisotopic (exact) mass is 271 g/mol. The summed E-state index contributed by atoms with van der Waals surface area (Å²) in [6.07, 6.45) is 1.38. The fraction of sp³-hybridized carbons (Fsp3) is 0.538. The van der Waals surface area contributed by atoms with Crippen molar-refractivity contribution in [1.29, 1.82) is 0 Å². The van der Waals surface area contributed by atoms with E-state index in [4.69, 9.17) is 4.74 Å². The molecule has 0 aliphatic heterocycles. The van der Waals surface area contributed by atoms with Crippen LogP contribution in [0.15, 0.2) is 29.2 Å². The Morgan fingerprint density at radius 1 is 1.22 bits per heavy atom. The van der Waals surface area contributed by atoms with E-state index in [9.17, 15) is 8.42 Å². The fourth-order valence-electron chi connectivity index (χ4n) is 1.58. The summed E-state index contributed by atoms with van der Waals surface area (Å²) >= 11 is 0. The molecule has 1 unspecified atom stereocenters. The predicted octanol–water partition coefficient (Wildman–Crippen LogP) is 1.78. The molecule has 4 nitrogen and oxygen atoms in total. The van der Waals surface area contributed by atoms with E-state index in [1.807, 2.05) is 33.0 Å². The Balaban J connectivity index is 2.82. The van der Waals surface area contributed by atoms with Crippen LogP contribution in [0.1, 0.15) is 25.5 Å². The predicted molar refractivity (Wildman–Crippen MR) is 72.4 cm³/mol. The number of benzene rings is 1. The van der Waals surface area contributed by atoms with Gasteiger partial charge in [-0.15, -0.1) is 0 Å². The molecule has 1 rings (SSSR count). The molecular formula is C13H21NO3S. The van der Waals surface area contributed by atoms with E-state index in [1.54, 1.807) is 12.1 Å². The smallest absolute Gasteiger partial charge is 0.175 e. The van der Waals surface area contributed by atoms with E-state index >= 15 is 0 Å². The van der Waals surface area contributed by atoms with Crippen LogP contribution in [0.4, 0.5) is 0 Å². The molecule has 0 aliphatic carbocycles. The van der Waals surface area contributed by atoms with Crippen molar-refractivity contribution in [3.05, 3.63) is 29.8 Å². The molecule has 0 aromatic heterocycles. The molecule has 1 aromatic carbocycles. The third-order valence-corrected chi connectivity index (χ3v) is 3.78. The molecule has 1 atom stereocenters. The Bertz CT molecular complexity index is 466. The average molecular weight is 271 g/mol. The molecule has 0 amide bonds. The summed E-state index contributed by atoms with van der Waals surface area (Å²) < 4.78 is 28.3. The van der Waals surface area contributed by atoms with Crippen LogP contribution in [0.2, 0.25) is 0 Å². The fourth-order valence-corrected chi connectivity index (χ4v) is 2.21. The number of hydrogen-bond donors (Lipinski definition) is 1. The van der Waals surface area contributed by atoms with Gasteiger partial charge in [0.25, 0.3) is 0 Å². The first-order valence-electron chi connectivity index (χ1n) is 5.93. The Morgan fingerprint density at radius 3 is 2.17 bits per heavy atom. The standard InChI is InChI=1S/C13H21NO3S/c1-10(2)17-9-13(14-3)11-5-7-12(8-6-11)18(4,15)16/h5-8,10,13-14H,9H2,1-4H3. The van der Waals surface area contributed by atoms with Crippen LogP contribution in [0.25, 0.3) is 0 Å². The van der Waals surface area contributed by atoms with Crippen LogP contribution in [-0.4, -0.2) is 34.4 Å². The van der Waals surface area contributed by atoms with E-state index in [1.165, 1.54) is 6.26 Å². The number of nitrogens with one attached hydrogen (secondary N) is 1. The normalized spacial score (nSPS) is 13.8. The van der Waals surface area contributed by atoms with Gasteiger partial charge in [0, 0.05) is 6.26 Å². The van der Waals surface area contributed by atoms with Crippen LogP contribution < -0.4 is 5.32 Å². The minimum atomic E-state index is -3.13. The molecule has 0 saturated carbocycles. The van der Waals surface area contributed by atoms with Crippen LogP contribution >= 0.6 is 0 Å². The van der Waals surface area contributed by atoms with Gasteiger partial charge < -0.3 is 10.1 Å². The number of likely N-dealkylation sites (N-methyl/N-ethyl adjacent to an activating group) is 1. The van der Waals surface area contributed by atoms with Crippen molar-refractivity contribution in [3.63, 3.8) is 0 Å². The minimum absolute atomic E-state index is 0.0704. The number of rotatable bonds is 6. The zero-order valence-electron chi connectivity index (χ0n) is 11.3. The zero-order chi connectivity index (χ0) is 13.8. The lowest BCUT2D eigenvalue weighted by molar-refractivity contribution is 0.0626. The number of sulfone groups is 1. The third kappa shape index (κ3) is 4.40. The topological polar surface area (TPSA) is 55.4 Å². The van der Waals surface area contributed by atoms with Gasteiger partial charge in [-0.25, -0.2) is 8.42 Å². The summed E-state index contributed by atoms with van der Waals surface area (Å²) in [6.45, 7) is 4.53. The van der Waals surface area contributed by atoms with Gasteiger partial charge in [0.05, 0.1) is 23.6 Å². The summed E-state index contributed by atoms with van der Waals surface area (Å²) in [6, 6.07) is 6.97. The van der Waals surface area contributed by atoms with Gasteiger partial charge in [-0.3, -0.25) is 0 Å². The molecule has 5 heteroatoms. The second-order valence-corrected chi connectivity index (χ2v) is 6.58. The molecule has 0 aliphatic rings. The molecule has 0 spiro atoms. The van der Waals surface area contributed by atoms with Gasteiger partial charge in [0.15, 0.2) is 9.84 Å². The van der Waals surface area contributed by atoms with Crippen molar-refractivity contribution in [2.75, 3.05) is 19.9 Å². The van der Waals surface area contributed by atoms with E-state index in [-0.39, 0.29) is 12.1 Å². The second-order valence-electron chi connectivity index (χ2n) is 4.56. The van der Waals surface area contributed by atoms with Crippen LogP contribution in [0.3, 0.4) is 0 Å². The van der Waals surface area contributed by atoms with Crippen LogP contribution in [0.5, 0.6) is 0 Å². The molecule has 102 valence electrons. The molecule has 0 bridgehead atoms. The molecular weight excluding hydrogens is 250 g/mol. The first-order valence-corrected chi connectivity index (χ1v) is 7.82. The number of ether oxygens (including phenoxy) is 1. The van der Waals surface area contributed by atoms with Crippen LogP contribution in [0, 0.1) is 0 Å². The van der Waals surface area contributed by atoms with E-state index in [2.05, 4.69) is 5.32 Å². The number of hydrogen-bond acceptors (Lipinski definition) is 4. The zero-order valence-corrected chi connectivity index (χ0v) is 12.1. The summed E-state index contributed by atoms with van der Waals surface area (Å²) in [5.41, 5.74) is 1.02. The molecule has 0 radical (unpaired) electrons. The largest absolute Gasteiger partial charge is 0.377 e. The summed E-state index contributed by atoms with van der Waals surface area (Å²) in [5.74, 6) is 0. The summed E-state index contributed by atoms with van der Waals surface area (Å²) in [5, 5.41) is 3.16. The lowest BCUT2D eigenvalue weighted by atomic mass is 10.1. The SMILES string of the molecule is CNC(COC(C)C)c1ccc(S(C)(=O)=O)cc1. The Kier molecular flexibility index (Phi) is 5.31. The first-order chi connectivity index (χ1) is 8.34. The Labute approximate surface area is 109 Å². The summed E-state index contributed by atoms with van der Waals surface area (Å²) in [7, 11) is -1.27. The van der Waals surface area contributed by atoms with E-state index in [0.29, 0.717) is 11.5 Å². The average Bonchev–Trinajstić information content (AvgIpc) is 2.29. The Hall–Kier alpha value is -0.910. The van der Waals surface area contributed by atoms with Gasteiger partial charge >= 0.3 is 0 Å². The van der Waals surface area contributed by atoms with Gasteiger partial charge in [-0.05, 0) is 38.6 Å². The lowest BCUT2D eigenvalue weighted by Gasteiger charge is -2.18. The van der Waals surface area contributed by atoms with Gasteiger partial charge in [-0.1, -0.05) is 12.1 Å². The van der Waals surface area contributed by atoms with Crippen molar-refractivity contribution in [1.82, 2.24) is 5.32 Å². The lowest BCUT2D eigenvalue weighted by Crippen LogP contribution is -2.23. The van der Waals surface area contributed by atoms with Crippen molar-refractivity contribution < 1.29 is 13.2 Å². The molecule has 0 saturated heterocycles. The highest BCUT2D eigenvalue weighted by atomic mass is 32.2. The van der Waals surface area contributed by atoms with Crippen molar-refractivity contribution >= 4 is 9.84 Å². The third-order valence-electron chi connectivity index (χ3n) is 2.66. The van der Waals surface area contributed by atoms with Gasteiger partial charge in [-0.2, -0.15) is 0 Å².